The SMILES string of the molecule is CCOC(=O)Cc1csc(NC(=O)c2ccc(NC(=O)CC)cc2)n1. The first-order valence-corrected chi connectivity index (χ1v) is 8.71. The Morgan fingerprint density at radius 2 is 1.84 bits per heavy atom. The zero-order valence-electron chi connectivity index (χ0n) is 14.0. The summed E-state index contributed by atoms with van der Waals surface area (Å²) in [6, 6.07) is 6.56. The van der Waals surface area contributed by atoms with Crippen molar-refractivity contribution in [1.29, 1.82) is 0 Å². The summed E-state index contributed by atoms with van der Waals surface area (Å²) in [4.78, 5) is 39.2. The molecule has 7 nitrogen and oxygen atoms in total. The lowest BCUT2D eigenvalue weighted by atomic mass is 10.2. The van der Waals surface area contributed by atoms with Crippen LogP contribution in [-0.2, 0) is 20.7 Å². The third-order valence-electron chi connectivity index (χ3n) is 3.15. The van der Waals surface area contributed by atoms with Crippen LogP contribution < -0.4 is 10.6 Å². The lowest BCUT2D eigenvalue weighted by molar-refractivity contribution is -0.142. The Balaban J connectivity index is 1.94. The highest BCUT2D eigenvalue weighted by Gasteiger charge is 2.12. The number of nitrogens with one attached hydrogen (secondary N) is 2. The molecule has 25 heavy (non-hydrogen) atoms. The van der Waals surface area contributed by atoms with Gasteiger partial charge in [-0.1, -0.05) is 6.92 Å². The molecule has 0 aliphatic rings. The van der Waals surface area contributed by atoms with Crippen LogP contribution in [0.3, 0.4) is 0 Å². The quantitative estimate of drug-likeness (QED) is 0.739. The molecule has 1 aromatic heterocycles. The van der Waals surface area contributed by atoms with Gasteiger partial charge in [0.1, 0.15) is 0 Å². The lowest BCUT2D eigenvalue weighted by Crippen LogP contribution is -2.13. The number of hydrogen-bond acceptors (Lipinski definition) is 6. The van der Waals surface area contributed by atoms with Crippen molar-refractivity contribution >= 4 is 39.9 Å². The minimum Gasteiger partial charge on any atom is -0.466 e. The molecule has 0 saturated heterocycles. The Kier molecular flexibility index (Phi) is 6.64. The van der Waals surface area contributed by atoms with Crippen LogP contribution in [0.5, 0.6) is 0 Å². The molecule has 0 radical (unpaired) electrons. The maximum absolute atomic E-state index is 12.2. The highest BCUT2D eigenvalue weighted by molar-refractivity contribution is 7.14. The van der Waals surface area contributed by atoms with Gasteiger partial charge in [0, 0.05) is 23.1 Å². The monoisotopic (exact) mass is 361 g/mol. The van der Waals surface area contributed by atoms with Crippen LogP contribution >= 0.6 is 11.3 Å². The van der Waals surface area contributed by atoms with Gasteiger partial charge in [-0.3, -0.25) is 19.7 Å². The van der Waals surface area contributed by atoms with Crippen LogP contribution in [-0.4, -0.2) is 29.4 Å². The molecule has 0 unspecified atom stereocenters. The number of hydrogen-bond donors (Lipinski definition) is 2. The van der Waals surface area contributed by atoms with E-state index in [1.165, 1.54) is 11.3 Å². The summed E-state index contributed by atoms with van der Waals surface area (Å²) in [6.45, 7) is 3.83. The smallest absolute Gasteiger partial charge is 0.311 e. The molecule has 0 fully saturated rings. The first-order chi connectivity index (χ1) is 12.0. The normalized spacial score (nSPS) is 10.2. The Bertz CT molecular complexity index is 756. The van der Waals surface area contributed by atoms with E-state index in [1.54, 1.807) is 43.5 Å². The van der Waals surface area contributed by atoms with Gasteiger partial charge in [0.15, 0.2) is 5.13 Å². The van der Waals surface area contributed by atoms with E-state index in [2.05, 4.69) is 15.6 Å². The Morgan fingerprint density at radius 3 is 2.48 bits per heavy atom. The summed E-state index contributed by atoms with van der Waals surface area (Å²) < 4.78 is 4.86. The van der Waals surface area contributed by atoms with Gasteiger partial charge in [-0.05, 0) is 31.2 Å². The predicted octanol–water partition coefficient (Wildman–Crippen LogP) is 2.85. The Labute approximate surface area is 149 Å². The van der Waals surface area contributed by atoms with Crippen molar-refractivity contribution in [3.05, 3.63) is 40.9 Å². The molecule has 1 heterocycles. The second-order valence-corrected chi connectivity index (χ2v) is 5.92. The second kappa shape index (κ2) is 8.93. The number of carbonyl (C=O) groups is 3. The van der Waals surface area contributed by atoms with E-state index in [4.69, 9.17) is 4.74 Å². The fraction of sp³-hybridized carbons (Fsp3) is 0.294. The van der Waals surface area contributed by atoms with Crippen LogP contribution in [0.4, 0.5) is 10.8 Å². The van der Waals surface area contributed by atoms with E-state index >= 15 is 0 Å². The van der Waals surface area contributed by atoms with Crippen LogP contribution in [0.1, 0.15) is 36.3 Å². The van der Waals surface area contributed by atoms with Gasteiger partial charge >= 0.3 is 5.97 Å². The van der Waals surface area contributed by atoms with E-state index in [9.17, 15) is 14.4 Å². The molecule has 2 aromatic rings. The molecule has 2 N–H and O–H groups in total. The fourth-order valence-corrected chi connectivity index (χ4v) is 2.63. The minimum atomic E-state index is -0.351. The van der Waals surface area contributed by atoms with Gasteiger partial charge in [-0.25, -0.2) is 4.98 Å². The molecule has 2 rings (SSSR count). The summed E-state index contributed by atoms with van der Waals surface area (Å²) >= 11 is 1.24. The fourth-order valence-electron chi connectivity index (χ4n) is 1.93. The van der Waals surface area contributed by atoms with E-state index in [-0.39, 0.29) is 24.2 Å². The number of ether oxygens (including phenoxy) is 1. The van der Waals surface area contributed by atoms with Crippen molar-refractivity contribution < 1.29 is 19.1 Å². The Morgan fingerprint density at radius 1 is 1.12 bits per heavy atom. The van der Waals surface area contributed by atoms with Crippen LogP contribution in [0.2, 0.25) is 0 Å². The summed E-state index contributed by atoms with van der Waals surface area (Å²) in [5.74, 6) is -0.755. The highest BCUT2D eigenvalue weighted by Crippen LogP contribution is 2.18. The molecule has 8 heteroatoms. The molecule has 0 spiro atoms. The Hall–Kier alpha value is -2.74. The van der Waals surface area contributed by atoms with Gasteiger partial charge in [0.25, 0.3) is 5.91 Å². The topological polar surface area (TPSA) is 97.4 Å². The van der Waals surface area contributed by atoms with Crippen molar-refractivity contribution in [1.82, 2.24) is 4.98 Å². The lowest BCUT2D eigenvalue weighted by Gasteiger charge is -2.05. The number of benzene rings is 1. The number of anilines is 2. The van der Waals surface area contributed by atoms with Gasteiger partial charge in [-0.2, -0.15) is 0 Å². The van der Waals surface area contributed by atoms with Gasteiger partial charge < -0.3 is 10.1 Å². The maximum atomic E-state index is 12.2. The number of aromatic nitrogens is 1. The number of esters is 1. The summed E-state index contributed by atoms with van der Waals surface area (Å²) in [5, 5.41) is 7.51. The van der Waals surface area contributed by atoms with E-state index in [1.807, 2.05) is 0 Å². The second-order valence-electron chi connectivity index (χ2n) is 5.06. The third kappa shape index (κ3) is 5.68. The number of amides is 2. The maximum Gasteiger partial charge on any atom is 0.311 e. The molecule has 0 aliphatic heterocycles. The number of rotatable bonds is 7. The van der Waals surface area contributed by atoms with E-state index in [0.29, 0.717) is 35.1 Å². The predicted molar refractivity (Wildman–Crippen MR) is 95.8 cm³/mol. The highest BCUT2D eigenvalue weighted by atomic mass is 32.1. The molecule has 2 amide bonds. The van der Waals surface area contributed by atoms with Crippen molar-refractivity contribution in [3.63, 3.8) is 0 Å². The van der Waals surface area contributed by atoms with Crippen LogP contribution in [0.15, 0.2) is 29.6 Å². The van der Waals surface area contributed by atoms with Gasteiger partial charge in [-0.15, -0.1) is 11.3 Å². The van der Waals surface area contributed by atoms with Crippen molar-refractivity contribution in [3.8, 4) is 0 Å². The average Bonchev–Trinajstić information content (AvgIpc) is 3.02. The number of nitrogens with zero attached hydrogens (tertiary/aromatic N) is 1. The molecule has 132 valence electrons. The number of carbonyl (C=O) groups excluding carboxylic acids is 3. The van der Waals surface area contributed by atoms with E-state index < -0.39 is 0 Å². The standard InChI is InChI=1S/C17H19N3O4S/c1-3-14(21)18-12-7-5-11(6-8-12)16(23)20-17-19-13(10-25-17)9-15(22)24-4-2/h5-8,10H,3-4,9H2,1-2H3,(H,18,21)(H,19,20,23). The van der Waals surface area contributed by atoms with Crippen molar-refractivity contribution in [2.24, 2.45) is 0 Å². The summed E-state index contributed by atoms with van der Waals surface area (Å²) in [6.07, 6.45) is 0.465. The van der Waals surface area contributed by atoms with Crippen molar-refractivity contribution in [2.75, 3.05) is 17.2 Å². The molecule has 0 aliphatic carbocycles. The van der Waals surface area contributed by atoms with E-state index in [0.717, 1.165) is 0 Å². The zero-order chi connectivity index (χ0) is 18.2. The average molecular weight is 361 g/mol. The van der Waals surface area contributed by atoms with Crippen molar-refractivity contribution in [2.45, 2.75) is 26.7 Å². The molecule has 0 saturated carbocycles. The van der Waals surface area contributed by atoms with Gasteiger partial charge in [0.05, 0.1) is 18.7 Å². The largest absolute Gasteiger partial charge is 0.466 e. The summed E-state index contributed by atoms with van der Waals surface area (Å²) in [5.41, 5.74) is 1.63. The van der Waals surface area contributed by atoms with Gasteiger partial charge in [0.2, 0.25) is 5.91 Å². The first kappa shape index (κ1) is 18.6. The molecule has 0 atom stereocenters. The first-order valence-electron chi connectivity index (χ1n) is 7.83. The zero-order valence-corrected chi connectivity index (χ0v) is 14.8. The molecule has 1 aromatic carbocycles. The van der Waals surface area contributed by atoms with Crippen LogP contribution in [0, 0.1) is 0 Å². The van der Waals surface area contributed by atoms with Crippen LogP contribution in [0.25, 0.3) is 0 Å². The summed E-state index contributed by atoms with van der Waals surface area (Å²) in [7, 11) is 0. The molecule has 0 bridgehead atoms. The number of thiazole rings is 1. The minimum absolute atomic E-state index is 0.0754. The third-order valence-corrected chi connectivity index (χ3v) is 3.96. The molecular weight excluding hydrogens is 342 g/mol. The molecular formula is C17H19N3O4S.